The first-order valence-electron chi connectivity index (χ1n) is 6.35. The molecule has 0 saturated carbocycles. The van der Waals surface area contributed by atoms with Gasteiger partial charge in [0.15, 0.2) is 0 Å². The second kappa shape index (κ2) is 6.62. The summed E-state index contributed by atoms with van der Waals surface area (Å²) in [5, 5.41) is 0. The summed E-state index contributed by atoms with van der Waals surface area (Å²) < 4.78 is 24.6. The summed E-state index contributed by atoms with van der Waals surface area (Å²) in [7, 11) is -2.12. The molecule has 0 amide bonds. The maximum absolute atomic E-state index is 12.3. The van der Waals surface area contributed by atoms with Crippen LogP contribution in [-0.4, -0.2) is 14.2 Å². The molecule has 0 heterocycles. The standard InChI is InChI=1S/C14H22O2S2/c1-5-6-7-8-17-18(15,16)14-12(3)9-11(2)10-13(14)4/h9-10H,5-8H2,1-4H3. The van der Waals surface area contributed by atoms with Gasteiger partial charge in [-0.15, -0.1) is 0 Å². The third-order valence-electron chi connectivity index (χ3n) is 2.84. The summed E-state index contributed by atoms with van der Waals surface area (Å²) in [4.78, 5) is 0.509. The molecule has 4 heteroatoms. The Balaban J connectivity index is 2.92. The van der Waals surface area contributed by atoms with Gasteiger partial charge in [0, 0.05) is 5.75 Å². The van der Waals surface area contributed by atoms with E-state index < -0.39 is 8.87 Å². The topological polar surface area (TPSA) is 34.1 Å². The fourth-order valence-electron chi connectivity index (χ4n) is 2.14. The summed E-state index contributed by atoms with van der Waals surface area (Å²) in [5.41, 5.74) is 2.82. The van der Waals surface area contributed by atoms with Gasteiger partial charge in [0.2, 0.25) is 8.87 Å². The van der Waals surface area contributed by atoms with E-state index in [1.54, 1.807) is 0 Å². The van der Waals surface area contributed by atoms with E-state index >= 15 is 0 Å². The van der Waals surface area contributed by atoms with Crippen LogP contribution in [0.4, 0.5) is 0 Å². The second-order valence-electron chi connectivity index (χ2n) is 4.71. The molecule has 18 heavy (non-hydrogen) atoms. The van der Waals surface area contributed by atoms with Crippen molar-refractivity contribution in [2.45, 2.75) is 51.9 Å². The molecule has 0 bridgehead atoms. The minimum atomic E-state index is -3.20. The predicted octanol–water partition coefficient (Wildman–Crippen LogP) is 4.22. The van der Waals surface area contributed by atoms with Crippen LogP contribution in [0.15, 0.2) is 17.0 Å². The van der Waals surface area contributed by atoms with Crippen molar-refractivity contribution in [1.82, 2.24) is 0 Å². The van der Waals surface area contributed by atoms with Crippen LogP contribution in [0.3, 0.4) is 0 Å². The van der Waals surface area contributed by atoms with Gasteiger partial charge in [0.25, 0.3) is 0 Å². The van der Waals surface area contributed by atoms with Crippen molar-refractivity contribution in [2.75, 3.05) is 5.75 Å². The van der Waals surface area contributed by atoms with Gasteiger partial charge in [0.05, 0.1) is 4.90 Å². The highest BCUT2D eigenvalue weighted by Gasteiger charge is 2.20. The van der Waals surface area contributed by atoms with Gasteiger partial charge in [0.1, 0.15) is 0 Å². The fraction of sp³-hybridized carbons (Fsp3) is 0.571. The SMILES string of the molecule is CCCCCSS(=O)(=O)c1c(C)cc(C)cc1C. The molecule has 1 rings (SSSR count). The van der Waals surface area contributed by atoms with Crippen LogP contribution < -0.4 is 0 Å². The molecular weight excluding hydrogens is 264 g/mol. The van der Waals surface area contributed by atoms with Crippen molar-refractivity contribution >= 4 is 19.7 Å². The Morgan fingerprint density at radius 2 is 1.61 bits per heavy atom. The summed E-state index contributed by atoms with van der Waals surface area (Å²) in [5.74, 6) is 0.683. The van der Waals surface area contributed by atoms with Gasteiger partial charge in [-0.3, -0.25) is 0 Å². The molecule has 0 unspecified atom stereocenters. The number of aryl methyl sites for hydroxylation is 3. The summed E-state index contributed by atoms with van der Waals surface area (Å²) in [6.07, 6.45) is 3.17. The van der Waals surface area contributed by atoms with Gasteiger partial charge < -0.3 is 0 Å². The lowest BCUT2D eigenvalue weighted by atomic mass is 10.1. The third kappa shape index (κ3) is 4.02. The van der Waals surface area contributed by atoms with Crippen LogP contribution in [0.5, 0.6) is 0 Å². The van der Waals surface area contributed by atoms with E-state index in [4.69, 9.17) is 0 Å². The van der Waals surface area contributed by atoms with Gasteiger partial charge in [-0.2, -0.15) is 0 Å². The highest BCUT2D eigenvalue weighted by Crippen LogP contribution is 2.30. The molecule has 0 N–H and O–H groups in total. The molecule has 2 nitrogen and oxygen atoms in total. The van der Waals surface area contributed by atoms with E-state index in [0.717, 1.165) is 46.7 Å². The lowest BCUT2D eigenvalue weighted by molar-refractivity contribution is 0.609. The minimum absolute atomic E-state index is 0.509. The average Bonchev–Trinajstić information content (AvgIpc) is 2.22. The first-order chi connectivity index (χ1) is 8.38. The zero-order valence-corrected chi connectivity index (χ0v) is 13.2. The van der Waals surface area contributed by atoms with Crippen LogP contribution in [0, 0.1) is 20.8 Å². The molecule has 0 atom stereocenters. The van der Waals surface area contributed by atoms with Crippen molar-refractivity contribution in [1.29, 1.82) is 0 Å². The van der Waals surface area contributed by atoms with E-state index in [9.17, 15) is 8.42 Å². The first-order valence-corrected chi connectivity index (χ1v) is 9.34. The molecule has 1 aromatic rings. The zero-order chi connectivity index (χ0) is 13.8. The zero-order valence-electron chi connectivity index (χ0n) is 11.6. The third-order valence-corrected chi connectivity index (χ3v) is 6.68. The number of benzene rings is 1. The van der Waals surface area contributed by atoms with Crippen molar-refractivity contribution < 1.29 is 8.42 Å². The fourth-order valence-corrected chi connectivity index (χ4v) is 5.86. The molecular formula is C14H22O2S2. The predicted molar refractivity (Wildman–Crippen MR) is 79.8 cm³/mol. The Kier molecular flexibility index (Phi) is 5.73. The Morgan fingerprint density at radius 1 is 1.06 bits per heavy atom. The van der Waals surface area contributed by atoms with Crippen molar-refractivity contribution in [3.05, 3.63) is 28.8 Å². The lowest BCUT2D eigenvalue weighted by Crippen LogP contribution is -2.03. The molecule has 0 fully saturated rings. The highest BCUT2D eigenvalue weighted by molar-refractivity contribution is 8.72. The second-order valence-corrected chi connectivity index (χ2v) is 8.70. The molecule has 0 spiro atoms. The van der Waals surface area contributed by atoms with Crippen LogP contribution in [0.25, 0.3) is 0 Å². The van der Waals surface area contributed by atoms with E-state index in [-0.39, 0.29) is 0 Å². The molecule has 0 aliphatic heterocycles. The van der Waals surface area contributed by atoms with Crippen LogP contribution in [-0.2, 0) is 8.87 Å². The maximum Gasteiger partial charge on any atom is 0.230 e. The Labute approximate surface area is 114 Å². The monoisotopic (exact) mass is 286 g/mol. The van der Waals surface area contributed by atoms with Gasteiger partial charge in [-0.1, -0.05) is 37.5 Å². The smallest absolute Gasteiger partial charge is 0.212 e. The molecule has 0 aromatic heterocycles. The quantitative estimate of drug-likeness (QED) is 0.580. The molecule has 0 aliphatic carbocycles. The Hall–Kier alpha value is -0.480. The normalized spacial score (nSPS) is 11.8. The van der Waals surface area contributed by atoms with Crippen molar-refractivity contribution in [2.24, 2.45) is 0 Å². The first kappa shape index (κ1) is 15.6. The van der Waals surface area contributed by atoms with Crippen LogP contribution in [0.1, 0.15) is 42.9 Å². The van der Waals surface area contributed by atoms with E-state index in [1.165, 1.54) is 0 Å². The number of rotatable bonds is 6. The number of hydrogen-bond acceptors (Lipinski definition) is 3. The lowest BCUT2D eigenvalue weighted by Gasteiger charge is -2.11. The largest absolute Gasteiger partial charge is 0.230 e. The Bertz CT molecular complexity index is 482. The molecule has 0 aliphatic rings. The summed E-state index contributed by atoms with van der Waals surface area (Å²) in [6, 6.07) is 3.87. The number of hydrogen-bond donors (Lipinski definition) is 0. The average molecular weight is 286 g/mol. The summed E-state index contributed by atoms with van der Waals surface area (Å²) >= 11 is 0. The van der Waals surface area contributed by atoms with Gasteiger partial charge in [-0.05, 0) is 49.1 Å². The maximum atomic E-state index is 12.3. The number of unbranched alkanes of at least 4 members (excludes halogenated alkanes) is 2. The van der Waals surface area contributed by atoms with E-state index in [2.05, 4.69) is 6.92 Å². The molecule has 1 aromatic carbocycles. The molecule has 102 valence electrons. The van der Waals surface area contributed by atoms with Gasteiger partial charge >= 0.3 is 0 Å². The molecule has 0 radical (unpaired) electrons. The molecule has 0 saturated heterocycles. The highest BCUT2D eigenvalue weighted by atomic mass is 33.1. The Morgan fingerprint density at radius 3 is 2.11 bits per heavy atom. The van der Waals surface area contributed by atoms with Crippen molar-refractivity contribution in [3.8, 4) is 0 Å². The van der Waals surface area contributed by atoms with Crippen LogP contribution in [0.2, 0.25) is 0 Å². The van der Waals surface area contributed by atoms with Crippen LogP contribution >= 0.6 is 10.8 Å². The van der Waals surface area contributed by atoms with Crippen molar-refractivity contribution in [3.63, 3.8) is 0 Å². The minimum Gasteiger partial charge on any atom is -0.212 e. The van der Waals surface area contributed by atoms with E-state index in [1.807, 2.05) is 32.9 Å². The van der Waals surface area contributed by atoms with Gasteiger partial charge in [-0.25, -0.2) is 8.42 Å². The van der Waals surface area contributed by atoms with E-state index in [0.29, 0.717) is 10.6 Å². The summed E-state index contributed by atoms with van der Waals surface area (Å²) in [6.45, 7) is 7.86.